The maximum atomic E-state index is 6.18. The van der Waals surface area contributed by atoms with E-state index in [0.717, 1.165) is 39.9 Å². The van der Waals surface area contributed by atoms with Crippen molar-refractivity contribution >= 4 is 53.5 Å². The van der Waals surface area contributed by atoms with E-state index in [1.54, 1.807) is 0 Å². The highest BCUT2D eigenvalue weighted by molar-refractivity contribution is 7.25. The molecule has 5 aromatic carbocycles. The second-order valence-electron chi connectivity index (χ2n) is 12.4. The summed E-state index contributed by atoms with van der Waals surface area (Å²) in [5.74, 6) is 1.79. The van der Waals surface area contributed by atoms with Gasteiger partial charge in [-0.3, -0.25) is 0 Å². The Hall–Kier alpha value is -4.67. The Balaban J connectivity index is 1.30. The van der Waals surface area contributed by atoms with Crippen LogP contribution < -0.4 is 0 Å². The maximum Gasteiger partial charge on any atom is 0.145 e. The zero-order chi connectivity index (χ0) is 29.9. The fourth-order valence-electron chi connectivity index (χ4n) is 6.77. The first-order valence-electron chi connectivity index (χ1n) is 15.5. The fraction of sp³-hybridized carbons (Fsp3) is 0.175. The van der Waals surface area contributed by atoms with Gasteiger partial charge in [-0.05, 0) is 82.1 Å². The average Bonchev–Trinajstić information content (AvgIpc) is 3.73. The molecule has 0 saturated carbocycles. The van der Waals surface area contributed by atoms with Crippen molar-refractivity contribution in [1.29, 1.82) is 0 Å². The lowest BCUT2D eigenvalue weighted by molar-refractivity contribution is 0.616. The first-order chi connectivity index (χ1) is 21.5. The standard InChI is InChI=1S/C40H34N2OS/c1-24(2)28-11-9-12-29(25(3)4)33(28)22-42-36-14-7-6-13-35(36)41-40(42)34-23-43-37-18-16-26(20-31(34)37)27-17-19-39-32(21-27)30-10-5-8-15-38(30)44-39/h5-21,23-25H,22H2,1-4H3. The number of hydrogen-bond donors (Lipinski definition) is 0. The predicted molar refractivity (Wildman–Crippen MR) is 187 cm³/mol. The molecule has 0 radical (unpaired) electrons. The Morgan fingerprint density at radius 3 is 2.16 bits per heavy atom. The van der Waals surface area contributed by atoms with Crippen LogP contribution in [0.3, 0.4) is 0 Å². The van der Waals surface area contributed by atoms with Crippen molar-refractivity contribution in [1.82, 2.24) is 9.55 Å². The van der Waals surface area contributed by atoms with Gasteiger partial charge in [0.25, 0.3) is 0 Å². The molecule has 3 heterocycles. The Bertz CT molecular complexity index is 2310. The highest BCUT2D eigenvalue weighted by Gasteiger charge is 2.21. The number of imidazole rings is 1. The minimum atomic E-state index is 0.428. The van der Waals surface area contributed by atoms with Gasteiger partial charge in [0.1, 0.15) is 17.7 Å². The van der Waals surface area contributed by atoms with Crippen molar-refractivity contribution in [3.05, 3.63) is 126 Å². The largest absolute Gasteiger partial charge is 0.464 e. The summed E-state index contributed by atoms with van der Waals surface area (Å²) in [7, 11) is 0. The Kier molecular flexibility index (Phi) is 6.42. The number of para-hydroxylation sites is 2. The van der Waals surface area contributed by atoms with Crippen LogP contribution in [-0.2, 0) is 6.54 Å². The molecule has 0 unspecified atom stereocenters. The smallest absolute Gasteiger partial charge is 0.145 e. The number of benzene rings is 5. The normalized spacial score (nSPS) is 12.1. The zero-order valence-electron chi connectivity index (χ0n) is 25.5. The average molecular weight is 591 g/mol. The third kappa shape index (κ3) is 4.36. The van der Waals surface area contributed by atoms with Crippen molar-refractivity contribution in [3.63, 3.8) is 0 Å². The van der Waals surface area contributed by atoms with E-state index in [-0.39, 0.29) is 0 Å². The number of rotatable bonds is 6. The van der Waals surface area contributed by atoms with Crippen molar-refractivity contribution in [2.24, 2.45) is 0 Å². The van der Waals surface area contributed by atoms with E-state index in [0.29, 0.717) is 11.8 Å². The van der Waals surface area contributed by atoms with Gasteiger partial charge in [0, 0.05) is 25.6 Å². The first kappa shape index (κ1) is 26.9. The van der Waals surface area contributed by atoms with Crippen LogP contribution >= 0.6 is 11.3 Å². The third-order valence-electron chi connectivity index (χ3n) is 8.99. The number of hydrogen-bond acceptors (Lipinski definition) is 3. The van der Waals surface area contributed by atoms with Crippen LogP contribution in [0.15, 0.2) is 114 Å². The summed E-state index contributed by atoms with van der Waals surface area (Å²) in [5, 5.41) is 3.70. The molecule has 0 saturated heterocycles. The molecule has 8 aromatic rings. The summed E-state index contributed by atoms with van der Waals surface area (Å²) in [4.78, 5) is 5.23. The molecule has 3 aromatic heterocycles. The van der Waals surface area contributed by atoms with Crippen LogP contribution in [-0.4, -0.2) is 9.55 Å². The van der Waals surface area contributed by atoms with Crippen LogP contribution in [0.1, 0.15) is 56.2 Å². The van der Waals surface area contributed by atoms with E-state index in [2.05, 4.69) is 135 Å². The SMILES string of the molecule is CC(C)c1cccc(C(C)C)c1Cn1c(-c2coc3ccc(-c4ccc5sc6ccccc6c5c4)cc23)nc2ccccc21. The summed E-state index contributed by atoms with van der Waals surface area (Å²) in [6.45, 7) is 9.91. The van der Waals surface area contributed by atoms with Gasteiger partial charge in [-0.25, -0.2) is 4.98 Å². The van der Waals surface area contributed by atoms with E-state index in [1.165, 1.54) is 48.0 Å². The molecule has 4 heteroatoms. The van der Waals surface area contributed by atoms with Gasteiger partial charge in [-0.1, -0.05) is 88.4 Å². The minimum Gasteiger partial charge on any atom is -0.464 e. The van der Waals surface area contributed by atoms with E-state index < -0.39 is 0 Å². The second-order valence-corrected chi connectivity index (χ2v) is 13.5. The van der Waals surface area contributed by atoms with Crippen molar-refractivity contribution in [2.45, 2.75) is 46.1 Å². The molecular formula is C40H34N2OS. The Morgan fingerprint density at radius 1 is 0.682 bits per heavy atom. The van der Waals surface area contributed by atoms with Crippen LogP contribution in [0, 0.1) is 0 Å². The second kappa shape index (κ2) is 10.5. The number of furan rings is 1. The molecule has 0 spiro atoms. The fourth-order valence-corrected chi connectivity index (χ4v) is 7.86. The summed E-state index contributed by atoms with van der Waals surface area (Å²) in [6, 6.07) is 37.3. The van der Waals surface area contributed by atoms with Gasteiger partial charge in [-0.15, -0.1) is 11.3 Å². The van der Waals surface area contributed by atoms with Gasteiger partial charge in [0.2, 0.25) is 0 Å². The molecule has 216 valence electrons. The van der Waals surface area contributed by atoms with Gasteiger partial charge in [0.05, 0.1) is 23.1 Å². The molecule has 44 heavy (non-hydrogen) atoms. The molecule has 3 nitrogen and oxygen atoms in total. The Labute approximate surface area is 261 Å². The number of fused-ring (bicyclic) bond motifs is 5. The summed E-state index contributed by atoms with van der Waals surface area (Å²) in [6.07, 6.45) is 1.89. The molecule has 0 fully saturated rings. The van der Waals surface area contributed by atoms with E-state index in [4.69, 9.17) is 9.40 Å². The first-order valence-corrected chi connectivity index (χ1v) is 16.3. The van der Waals surface area contributed by atoms with Crippen molar-refractivity contribution in [3.8, 4) is 22.5 Å². The maximum absolute atomic E-state index is 6.18. The van der Waals surface area contributed by atoms with E-state index in [1.807, 2.05) is 17.6 Å². The van der Waals surface area contributed by atoms with Crippen LogP contribution in [0.5, 0.6) is 0 Å². The van der Waals surface area contributed by atoms with Crippen LogP contribution in [0.4, 0.5) is 0 Å². The molecular weight excluding hydrogens is 557 g/mol. The molecule has 0 atom stereocenters. The van der Waals surface area contributed by atoms with Gasteiger partial charge < -0.3 is 8.98 Å². The topological polar surface area (TPSA) is 31.0 Å². The van der Waals surface area contributed by atoms with Crippen LogP contribution in [0.25, 0.3) is 64.7 Å². The lowest BCUT2D eigenvalue weighted by atomic mass is 9.88. The summed E-state index contributed by atoms with van der Waals surface area (Å²) >= 11 is 1.85. The van der Waals surface area contributed by atoms with E-state index in [9.17, 15) is 0 Å². The molecule has 0 amide bonds. The number of thiophene rings is 1. The highest BCUT2D eigenvalue weighted by Crippen LogP contribution is 2.39. The van der Waals surface area contributed by atoms with Gasteiger partial charge in [0.15, 0.2) is 0 Å². The quantitative estimate of drug-likeness (QED) is 0.193. The lowest BCUT2D eigenvalue weighted by Crippen LogP contribution is -2.10. The molecule has 0 bridgehead atoms. The molecule has 0 aliphatic rings. The predicted octanol–water partition coefficient (Wildman–Crippen LogP) is 11.8. The van der Waals surface area contributed by atoms with E-state index >= 15 is 0 Å². The molecule has 0 N–H and O–H groups in total. The van der Waals surface area contributed by atoms with Crippen LogP contribution in [0.2, 0.25) is 0 Å². The molecule has 0 aliphatic carbocycles. The van der Waals surface area contributed by atoms with Crippen molar-refractivity contribution in [2.75, 3.05) is 0 Å². The summed E-state index contributed by atoms with van der Waals surface area (Å²) < 4.78 is 11.2. The number of nitrogens with zero attached hydrogens (tertiary/aromatic N) is 2. The Morgan fingerprint density at radius 2 is 1.36 bits per heavy atom. The highest BCUT2D eigenvalue weighted by atomic mass is 32.1. The monoisotopic (exact) mass is 590 g/mol. The van der Waals surface area contributed by atoms with Gasteiger partial charge >= 0.3 is 0 Å². The lowest BCUT2D eigenvalue weighted by Gasteiger charge is -2.21. The zero-order valence-corrected chi connectivity index (χ0v) is 26.3. The summed E-state index contributed by atoms with van der Waals surface area (Å²) in [5.41, 5.74) is 10.6. The number of aromatic nitrogens is 2. The third-order valence-corrected chi connectivity index (χ3v) is 10.1. The molecule has 8 rings (SSSR count). The minimum absolute atomic E-state index is 0.428. The molecule has 0 aliphatic heterocycles. The van der Waals surface area contributed by atoms with Gasteiger partial charge in [-0.2, -0.15) is 0 Å². The van der Waals surface area contributed by atoms with Crippen molar-refractivity contribution < 1.29 is 4.42 Å².